The van der Waals surface area contributed by atoms with Crippen LogP contribution in [0.2, 0.25) is 0 Å². The van der Waals surface area contributed by atoms with Crippen LogP contribution in [0.25, 0.3) is 0 Å². The minimum absolute atomic E-state index is 0.0792. The number of hydrogen-bond donors (Lipinski definition) is 2. The maximum absolute atomic E-state index is 12.5. The molecule has 0 bridgehead atoms. The van der Waals surface area contributed by atoms with Gasteiger partial charge in [-0.25, -0.2) is 4.79 Å². The molecule has 0 radical (unpaired) electrons. The van der Waals surface area contributed by atoms with Crippen LogP contribution < -0.4 is 5.32 Å². The summed E-state index contributed by atoms with van der Waals surface area (Å²) in [6.45, 7) is -0.834. The predicted octanol–water partition coefficient (Wildman–Crippen LogP) is 1.09. The van der Waals surface area contributed by atoms with Crippen LogP contribution >= 0.6 is 0 Å². The van der Waals surface area contributed by atoms with Crippen LogP contribution in [-0.2, 0) is 11.3 Å². The molecule has 2 N–H and O–H groups in total. The van der Waals surface area contributed by atoms with Gasteiger partial charge < -0.3 is 14.8 Å². The lowest BCUT2D eigenvalue weighted by atomic mass is 10.3. The third-order valence-electron chi connectivity index (χ3n) is 1.54. The molecule has 0 aliphatic heterocycles. The maximum atomic E-state index is 12.5. The Morgan fingerprint density at radius 3 is 2.86 bits per heavy atom. The van der Waals surface area contributed by atoms with E-state index in [9.17, 15) is 13.6 Å². The zero-order chi connectivity index (χ0) is 10.6. The summed E-state index contributed by atoms with van der Waals surface area (Å²) in [6, 6.07) is 3.22. The van der Waals surface area contributed by atoms with Crippen molar-refractivity contribution in [2.45, 2.75) is 12.5 Å². The molecular formula is C8H9F2NO3. The van der Waals surface area contributed by atoms with E-state index in [-0.39, 0.29) is 6.54 Å². The zero-order valence-corrected chi connectivity index (χ0v) is 7.17. The van der Waals surface area contributed by atoms with E-state index in [1.807, 2.05) is 0 Å². The highest BCUT2D eigenvalue weighted by Crippen LogP contribution is 2.11. The van der Waals surface area contributed by atoms with Crippen molar-refractivity contribution in [2.24, 2.45) is 0 Å². The van der Waals surface area contributed by atoms with Crippen LogP contribution in [0.1, 0.15) is 5.76 Å². The predicted molar refractivity (Wildman–Crippen MR) is 43.0 cm³/mol. The van der Waals surface area contributed by atoms with Gasteiger partial charge in [0.25, 0.3) is 0 Å². The number of nitrogens with one attached hydrogen (secondary N) is 1. The number of carbonyl (C=O) groups is 1. The average molecular weight is 205 g/mol. The molecule has 14 heavy (non-hydrogen) atoms. The Morgan fingerprint density at radius 2 is 2.36 bits per heavy atom. The SMILES string of the molecule is O=C(O)C(F)(F)CNCc1ccco1. The molecule has 0 saturated carbocycles. The normalized spacial score (nSPS) is 11.6. The van der Waals surface area contributed by atoms with E-state index in [0.717, 1.165) is 0 Å². The fraction of sp³-hybridized carbons (Fsp3) is 0.375. The molecule has 1 heterocycles. The fourth-order valence-electron chi connectivity index (χ4n) is 0.831. The van der Waals surface area contributed by atoms with Crippen molar-refractivity contribution in [3.05, 3.63) is 24.2 Å². The lowest BCUT2D eigenvalue weighted by Gasteiger charge is -2.10. The van der Waals surface area contributed by atoms with E-state index >= 15 is 0 Å². The van der Waals surface area contributed by atoms with Gasteiger partial charge in [0.05, 0.1) is 19.4 Å². The van der Waals surface area contributed by atoms with E-state index in [1.54, 1.807) is 12.1 Å². The quantitative estimate of drug-likeness (QED) is 0.755. The van der Waals surface area contributed by atoms with E-state index in [4.69, 9.17) is 9.52 Å². The number of carboxylic acid groups (broad SMARTS) is 1. The summed E-state index contributed by atoms with van der Waals surface area (Å²) in [4.78, 5) is 10.00. The van der Waals surface area contributed by atoms with Crippen molar-refractivity contribution in [1.29, 1.82) is 0 Å². The molecule has 1 aromatic heterocycles. The van der Waals surface area contributed by atoms with Crippen molar-refractivity contribution in [2.75, 3.05) is 6.54 Å². The highest BCUT2D eigenvalue weighted by atomic mass is 19.3. The van der Waals surface area contributed by atoms with Gasteiger partial charge in [0.1, 0.15) is 5.76 Å². The van der Waals surface area contributed by atoms with E-state index in [0.29, 0.717) is 5.76 Å². The van der Waals surface area contributed by atoms with Crippen LogP contribution in [0.5, 0.6) is 0 Å². The number of aliphatic carboxylic acids is 1. The van der Waals surface area contributed by atoms with Crippen LogP contribution in [0.3, 0.4) is 0 Å². The van der Waals surface area contributed by atoms with Crippen molar-refractivity contribution in [3.63, 3.8) is 0 Å². The van der Waals surface area contributed by atoms with Gasteiger partial charge in [-0.3, -0.25) is 0 Å². The topological polar surface area (TPSA) is 62.5 Å². The van der Waals surface area contributed by atoms with Crippen LogP contribution in [0, 0.1) is 0 Å². The Bertz CT molecular complexity index is 298. The lowest BCUT2D eigenvalue weighted by molar-refractivity contribution is -0.164. The van der Waals surface area contributed by atoms with Crippen molar-refractivity contribution in [3.8, 4) is 0 Å². The van der Waals surface area contributed by atoms with Gasteiger partial charge in [-0.15, -0.1) is 0 Å². The molecule has 0 fully saturated rings. The summed E-state index contributed by atoms with van der Waals surface area (Å²) in [5, 5.41) is 10.4. The third kappa shape index (κ3) is 2.81. The second-order valence-corrected chi connectivity index (χ2v) is 2.69. The zero-order valence-electron chi connectivity index (χ0n) is 7.17. The first kappa shape index (κ1) is 10.6. The Morgan fingerprint density at radius 1 is 1.64 bits per heavy atom. The number of furan rings is 1. The Kier molecular flexibility index (Phi) is 3.19. The summed E-state index contributed by atoms with van der Waals surface area (Å²) < 4.78 is 29.8. The summed E-state index contributed by atoms with van der Waals surface area (Å²) >= 11 is 0. The van der Waals surface area contributed by atoms with Gasteiger partial charge in [0.2, 0.25) is 0 Å². The molecule has 0 unspecified atom stereocenters. The maximum Gasteiger partial charge on any atom is 0.375 e. The standard InChI is InChI=1S/C8H9F2NO3/c9-8(10,7(12)13)5-11-4-6-2-1-3-14-6/h1-3,11H,4-5H2,(H,12,13). The molecule has 1 rings (SSSR count). The number of hydrogen-bond acceptors (Lipinski definition) is 3. The molecular weight excluding hydrogens is 196 g/mol. The molecule has 0 aliphatic carbocycles. The van der Waals surface area contributed by atoms with Crippen molar-refractivity contribution < 1.29 is 23.1 Å². The highest BCUT2D eigenvalue weighted by molar-refractivity contribution is 5.75. The highest BCUT2D eigenvalue weighted by Gasteiger charge is 2.38. The Labute approximate surface area is 78.5 Å². The Balaban J connectivity index is 2.31. The van der Waals surface area contributed by atoms with E-state index in [2.05, 4.69) is 5.32 Å². The van der Waals surface area contributed by atoms with Crippen LogP contribution in [0.15, 0.2) is 22.8 Å². The first-order valence-electron chi connectivity index (χ1n) is 3.87. The second kappa shape index (κ2) is 4.19. The number of alkyl halides is 2. The first-order chi connectivity index (χ1) is 6.52. The monoisotopic (exact) mass is 205 g/mol. The average Bonchev–Trinajstić information content (AvgIpc) is 2.56. The molecule has 0 aliphatic rings. The minimum Gasteiger partial charge on any atom is -0.477 e. The van der Waals surface area contributed by atoms with E-state index in [1.165, 1.54) is 6.26 Å². The van der Waals surface area contributed by atoms with Gasteiger partial charge in [-0.2, -0.15) is 8.78 Å². The molecule has 0 atom stereocenters. The van der Waals surface area contributed by atoms with Crippen LogP contribution in [0.4, 0.5) is 8.78 Å². The molecule has 4 nitrogen and oxygen atoms in total. The largest absolute Gasteiger partial charge is 0.477 e. The number of carboxylic acids is 1. The fourth-order valence-corrected chi connectivity index (χ4v) is 0.831. The lowest BCUT2D eigenvalue weighted by Crippen LogP contribution is -2.39. The van der Waals surface area contributed by atoms with Gasteiger partial charge in [0, 0.05) is 0 Å². The summed E-state index contributed by atoms with van der Waals surface area (Å²) in [6.07, 6.45) is 1.41. The second-order valence-electron chi connectivity index (χ2n) is 2.69. The Hall–Kier alpha value is -1.43. The first-order valence-corrected chi connectivity index (χ1v) is 3.87. The molecule has 6 heteroatoms. The van der Waals surface area contributed by atoms with Crippen LogP contribution in [-0.4, -0.2) is 23.5 Å². The van der Waals surface area contributed by atoms with Gasteiger partial charge in [0.15, 0.2) is 0 Å². The van der Waals surface area contributed by atoms with Crippen molar-refractivity contribution in [1.82, 2.24) is 5.32 Å². The molecule has 78 valence electrons. The smallest absolute Gasteiger partial charge is 0.375 e. The summed E-state index contributed by atoms with van der Waals surface area (Å²) in [5.41, 5.74) is 0. The molecule has 0 spiro atoms. The van der Waals surface area contributed by atoms with Crippen molar-refractivity contribution >= 4 is 5.97 Å². The number of halogens is 2. The molecule has 1 aromatic rings. The summed E-state index contributed by atoms with van der Waals surface area (Å²) in [5.74, 6) is -5.40. The molecule has 0 aromatic carbocycles. The molecule has 0 amide bonds. The van der Waals surface area contributed by atoms with Gasteiger partial charge >= 0.3 is 11.9 Å². The van der Waals surface area contributed by atoms with Gasteiger partial charge in [-0.1, -0.05) is 0 Å². The summed E-state index contributed by atoms with van der Waals surface area (Å²) in [7, 11) is 0. The van der Waals surface area contributed by atoms with Gasteiger partial charge in [-0.05, 0) is 12.1 Å². The molecule has 0 saturated heterocycles. The van der Waals surface area contributed by atoms with E-state index < -0.39 is 18.4 Å². The number of rotatable bonds is 5. The minimum atomic E-state index is -3.74. The third-order valence-corrected chi connectivity index (χ3v) is 1.54.